The summed E-state index contributed by atoms with van der Waals surface area (Å²) in [6.07, 6.45) is 1.86. The molecule has 0 fully saturated rings. The Morgan fingerprint density at radius 3 is 2.68 bits per heavy atom. The SMILES string of the molecule is COc1c(C)cnc(CNCc2nc(C)cs2)c1C. The van der Waals surface area contributed by atoms with E-state index in [0.29, 0.717) is 0 Å². The van der Waals surface area contributed by atoms with Crippen molar-refractivity contribution >= 4 is 11.3 Å². The molecule has 0 aliphatic rings. The number of pyridine rings is 1. The fourth-order valence-corrected chi connectivity index (χ4v) is 2.76. The molecule has 0 bridgehead atoms. The summed E-state index contributed by atoms with van der Waals surface area (Å²) < 4.78 is 5.41. The zero-order valence-electron chi connectivity index (χ0n) is 11.8. The minimum atomic E-state index is 0.723. The molecule has 4 nitrogen and oxygen atoms in total. The number of ether oxygens (including phenoxy) is 1. The Bertz CT molecular complexity index is 566. The Morgan fingerprint density at radius 1 is 1.26 bits per heavy atom. The molecule has 0 aliphatic heterocycles. The van der Waals surface area contributed by atoms with Gasteiger partial charge in [-0.2, -0.15) is 0 Å². The molecule has 5 heteroatoms. The molecule has 0 radical (unpaired) electrons. The Labute approximate surface area is 117 Å². The maximum Gasteiger partial charge on any atom is 0.128 e. The fraction of sp³-hybridized carbons (Fsp3) is 0.429. The molecule has 2 rings (SSSR count). The predicted molar refractivity (Wildman–Crippen MR) is 77.7 cm³/mol. The molecule has 102 valence electrons. The van der Waals surface area contributed by atoms with E-state index in [1.54, 1.807) is 18.4 Å². The number of methoxy groups -OCH3 is 1. The topological polar surface area (TPSA) is 47.0 Å². The van der Waals surface area contributed by atoms with Crippen molar-refractivity contribution < 1.29 is 4.74 Å². The van der Waals surface area contributed by atoms with Crippen LogP contribution in [0.25, 0.3) is 0 Å². The van der Waals surface area contributed by atoms with E-state index in [1.807, 2.05) is 27.0 Å². The van der Waals surface area contributed by atoms with Crippen LogP contribution in [0.4, 0.5) is 0 Å². The van der Waals surface area contributed by atoms with Gasteiger partial charge < -0.3 is 10.1 Å². The molecule has 1 N–H and O–H groups in total. The zero-order valence-corrected chi connectivity index (χ0v) is 12.6. The van der Waals surface area contributed by atoms with Crippen LogP contribution in [0.15, 0.2) is 11.6 Å². The normalized spacial score (nSPS) is 10.7. The van der Waals surface area contributed by atoms with Crippen LogP contribution in [0.5, 0.6) is 5.75 Å². The van der Waals surface area contributed by atoms with Crippen molar-refractivity contribution in [1.29, 1.82) is 0 Å². The molecule has 0 saturated heterocycles. The summed E-state index contributed by atoms with van der Waals surface area (Å²) in [5, 5.41) is 6.54. The Morgan fingerprint density at radius 2 is 2.05 bits per heavy atom. The summed E-state index contributed by atoms with van der Waals surface area (Å²) >= 11 is 1.68. The number of rotatable bonds is 5. The Hall–Kier alpha value is -1.46. The first kappa shape index (κ1) is 14.0. The molecule has 0 aliphatic carbocycles. The first-order valence-electron chi connectivity index (χ1n) is 6.22. The van der Waals surface area contributed by atoms with Gasteiger partial charge in [0.1, 0.15) is 10.8 Å². The molecule has 0 unspecified atom stereocenters. The van der Waals surface area contributed by atoms with Crippen LogP contribution in [0, 0.1) is 20.8 Å². The van der Waals surface area contributed by atoms with Crippen LogP contribution >= 0.6 is 11.3 Å². The van der Waals surface area contributed by atoms with Gasteiger partial charge in [0.2, 0.25) is 0 Å². The number of hydrogen-bond donors (Lipinski definition) is 1. The molecule has 2 heterocycles. The van der Waals surface area contributed by atoms with E-state index in [0.717, 1.165) is 46.4 Å². The summed E-state index contributed by atoms with van der Waals surface area (Å²) in [7, 11) is 1.70. The standard InChI is InChI=1S/C14H19N3OS/c1-9-5-16-12(11(3)14(9)18-4)6-15-7-13-17-10(2)8-19-13/h5,8,15H,6-7H2,1-4H3. The van der Waals surface area contributed by atoms with Crippen molar-refractivity contribution in [2.24, 2.45) is 0 Å². The van der Waals surface area contributed by atoms with Crippen molar-refractivity contribution in [3.05, 3.63) is 39.1 Å². The number of nitrogens with zero attached hydrogens (tertiary/aromatic N) is 2. The third kappa shape index (κ3) is 3.30. The highest BCUT2D eigenvalue weighted by Gasteiger charge is 2.09. The third-order valence-electron chi connectivity index (χ3n) is 2.99. The van der Waals surface area contributed by atoms with E-state index in [9.17, 15) is 0 Å². The largest absolute Gasteiger partial charge is 0.496 e. The molecule has 0 spiro atoms. The average Bonchev–Trinajstić information content (AvgIpc) is 2.79. The van der Waals surface area contributed by atoms with Gasteiger partial charge in [0.05, 0.1) is 12.8 Å². The van der Waals surface area contributed by atoms with Crippen molar-refractivity contribution in [3.8, 4) is 5.75 Å². The minimum Gasteiger partial charge on any atom is -0.496 e. The molecule has 0 saturated carbocycles. The van der Waals surface area contributed by atoms with Gasteiger partial charge in [-0.1, -0.05) is 0 Å². The lowest BCUT2D eigenvalue weighted by Gasteiger charge is -2.12. The second kappa shape index (κ2) is 6.12. The van der Waals surface area contributed by atoms with Gasteiger partial charge in [0.15, 0.2) is 0 Å². The van der Waals surface area contributed by atoms with Gasteiger partial charge in [-0.05, 0) is 20.8 Å². The fourth-order valence-electron chi connectivity index (χ4n) is 2.02. The van der Waals surface area contributed by atoms with Crippen molar-refractivity contribution in [3.63, 3.8) is 0 Å². The second-order valence-electron chi connectivity index (χ2n) is 4.53. The molecular formula is C14H19N3OS. The van der Waals surface area contributed by atoms with Gasteiger partial charge in [-0.15, -0.1) is 11.3 Å². The summed E-state index contributed by atoms with van der Waals surface area (Å²) in [5.41, 5.74) is 4.27. The lowest BCUT2D eigenvalue weighted by molar-refractivity contribution is 0.406. The van der Waals surface area contributed by atoms with Crippen LogP contribution in [0.2, 0.25) is 0 Å². The third-order valence-corrected chi connectivity index (χ3v) is 3.95. The minimum absolute atomic E-state index is 0.723. The molecule has 19 heavy (non-hydrogen) atoms. The van der Waals surface area contributed by atoms with Crippen molar-refractivity contribution in [1.82, 2.24) is 15.3 Å². The van der Waals surface area contributed by atoms with Crippen LogP contribution in [-0.4, -0.2) is 17.1 Å². The van der Waals surface area contributed by atoms with Crippen molar-refractivity contribution in [2.45, 2.75) is 33.9 Å². The van der Waals surface area contributed by atoms with Crippen LogP contribution in [-0.2, 0) is 13.1 Å². The summed E-state index contributed by atoms with van der Waals surface area (Å²) in [6, 6.07) is 0. The van der Waals surface area contributed by atoms with Gasteiger partial charge in [0.25, 0.3) is 0 Å². The molecule has 0 amide bonds. The summed E-state index contributed by atoms with van der Waals surface area (Å²) in [4.78, 5) is 8.89. The number of hydrogen-bond acceptors (Lipinski definition) is 5. The van der Waals surface area contributed by atoms with Crippen LogP contribution in [0.3, 0.4) is 0 Å². The smallest absolute Gasteiger partial charge is 0.128 e. The van der Waals surface area contributed by atoms with E-state index in [-0.39, 0.29) is 0 Å². The lowest BCUT2D eigenvalue weighted by atomic mass is 10.1. The predicted octanol–water partition coefficient (Wildman–Crippen LogP) is 2.76. The van der Waals surface area contributed by atoms with E-state index in [2.05, 4.69) is 20.7 Å². The molecule has 2 aromatic heterocycles. The lowest BCUT2D eigenvalue weighted by Crippen LogP contribution is -2.15. The molecule has 2 aromatic rings. The zero-order chi connectivity index (χ0) is 13.8. The van der Waals surface area contributed by atoms with E-state index >= 15 is 0 Å². The van der Waals surface area contributed by atoms with Gasteiger partial charge >= 0.3 is 0 Å². The van der Waals surface area contributed by atoms with Crippen LogP contribution in [0.1, 0.15) is 27.5 Å². The summed E-state index contributed by atoms with van der Waals surface area (Å²) in [6.45, 7) is 7.56. The Balaban J connectivity index is 2.00. The highest BCUT2D eigenvalue weighted by molar-refractivity contribution is 7.09. The van der Waals surface area contributed by atoms with Crippen LogP contribution < -0.4 is 10.1 Å². The number of aromatic nitrogens is 2. The van der Waals surface area contributed by atoms with E-state index < -0.39 is 0 Å². The highest BCUT2D eigenvalue weighted by atomic mass is 32.1. The van der Waals surface area contributed by atoms with Crippen molar-refractivity contribution in [2.75, 3.05) is 7.11 Å². The monoisotopic (exact) mass is 277 g/mol. The van der Waals surface area contributed by atoms with Gasteiger partial charge in [-0.25, -0.2) is 4.98 Å². The number of thiazole rings is 1. The van der Waals surface area contributed by atoms with E-state index in [1.165, 1.54) is 0 Å². The second-order valence-corrected chi connectivity index (χ2v) is 5.47. The maximum atomic E-state index is 5.41. The molecule has 0 aromatic carbocycles. The highest BCUT2D eigenvalue weighted by Crippen LogP contribution is 2.23. The quantitative estimate of drug-likeness (QED) is 0.913. The summed E-state index contributed by atoms with van der Waals surface area (Å²) in [5.74, 6) is 0.928. The van der Waals surface area contributed by atoms with Gasteiger partial charge in [-0.3, -0.25) is 4.98 Å². The molecular weight excluding hydrogens is 258 g/mol. The van der Waals surface area contributed by atoms with E-state index in [4.69, 9.17) is 4.74 Å². The first-order chi connectivity index (χ1) is 9.11. The van der Waals surface area contributed by atoms with Gasteiger partial charge in [0, 0.05) is 41.5 Å². The average molecular weight is 277 g/mol. The Kier molecular flexibility index (Phi) is 4.50. The number of aryl methyl sites for hydroxylation is 2. The maximum absolute atomic E-state index is 5.41. The molecule has 0 atom stereocenters. The number of nitrogens with one attached hydrogen (secondary N) is 1. The first-order valence-corrected chi connectivity index (χ1v) is 7.10.